The molecule has 6 nitrogen and oxygen atoms in total. The minimum Gasteiger partial charge on any atom is -0.493 e. The van der Waals surface area contributed by atoms with E-state index in [-0.39, 0.29) is 11.7 Å². The van der Waals surface area contributed by atoms with Gasteiger partial charge in [0, 0.05) is 16.3 Å². The molecule has 8 heteroatoms. The highest BCUT2D eigenvalue weighted by molar-refractivity contribution is 8.00. The molecule has 1 heterocycles. The number of anilines is 1. The molecule has 0 fully saturated rings. The first-order chi connectivity index (χ1) is 14.9. The number of pyridine rings is 1. The molecule has 0 saturated carbocycles. The van der Waals surface area contributed by atoms with Crippen LogP contribution in [0.1, 0.15) is 11.1 Å². The predicted molar refractivity (Wildman–Crippen MR) is 123 cm³/mol. The van der Waals surface area contributed by atoms with Gasteiger partial charge < -0.3 is 14.8 Å². The molecule has 0 bridgehead atoms. The maximum Gasteiger partial charge on any atom is 0.234 e. The molecule has 1 N–H and O–H groups in total. The molecular weight excluding hydrogens is 434 g/mol. The van der Waals surface area contributed by atoms with E-state index < -0.39 is 0 Å². The molecule has 0 spiro atoms. The van der Waals surface area contributed by atoms with Crippen molar-refractivity contribution in [1.29, 1.82) is 5.26 Å². The molecule has 31 heavy (non-hydrogen) atoms. The van der Waals surface area contributed by atoms with E-state index in [1.807, 2.05) is 25.1 Å². The summed E-state index contributed by atoms with van der Waals surface area (Å²) in [7, 11) is 3.14. The van der Waals surface area contributed by atoms with Crippen LogP contribution in [0.3, 0.4) is 0 Å². The van der Waals surface area contributed by atoms with Crippen molar-refractivity contribution >= 4 is 35.0 Å². The number of aryl methyl sites for hydroxylation is 1. The number of nitriles is 1. The highest BCUT2D eigenvalue weighted by Crippen LogP contribution is 2.33. The summed E-state index contributed by atoms with van der Waals surface area (Å²) in [4.78, 5) is 17.0. The van der Waals surface area contributed by atoms with Crippen LogP contribution in [-0.2, 0) is 4.79 Å². The highest BCUT2D eigenvalue weighted by atomic mass is 35.5. The first-order valence-electron chi connectivity index (χ1n) is 9.27. The Morgan fingerprint density at radius 3 is 2.58 bits per heavy atom. The second kappa shape index (κ2) is 10.2. The zero-order chi connectivity index (χ0) is 22.4. The average Bonchev–Trinajstić information content (AvgIpc) is 2.79. The molecule has 0 aliphatic carbocycles. The lowest BCUT2D eigenvalue weighted by Gasteiger charge is -2.11. The summed E-state index contributed by atoms with van der Waals surface area (Å²) in [6.07, 6.45) is 0. The number of hydrogen-bond donors (Lipinski definition) is 1. The zero-order valence-corrected chi connectivity index (χ0v) is 18.8. The number of methoxy groups -OCH3 is 2. The van der Waals surface area contributed by atoms with Gasteiger partial charge in [-0.3, -0.25) is 4.79 Å². The zero-order valence-electron chi connectivity index (χ0n) is 17.2. The molecule has 3 aromatic rings. The number of nitrogens with zero attached hydrogens (tertiary/aromatic N) is 2. The Morgan fingerprint density at radius 1 is 1.13 bits per heavy atom. The van der Waals surface area contributed by atoms with Crippen molar-refractivity contribution in [2.75, 3.05) is 25.3 Å². The second-order valence-corrected chi connectivity index (χ2v) is 7.90. The molecule has 0 aliphatic rings. The minimum absolute atomic E-state index is 0.0998. The van der Waals surface area contributed by atoms with Crippen molar-refractivity contribution in [3.63, 3.8) is 0 Å². The summed E-state index contributed by atoms with van der Waals surface area (Å²) in [5, 5.41) is 13.3. The van der Waals surface area contributed by atoms with Crippen LogP contribution >= 0.6 is 23.4 Å². The summed E-state index contributed by atoms with van der Waals surface area (Å²) in [5.74, 6) is 1.08. The van der Waals surface area contributed by atoms with Crippen molar-refractivity contribution in [1.82, 2.24) is 4.98 Å². The Hall–Kier alpha value is -3.21. The number of aromatic nitrogens is 1. The number of ether oxygens (including phenoxy) is 2. The maximum atomic E-state index is 12.4. The van der Waals surface area contributed by atoms with Crippen LogP contribution in [0, 0.1) is 18.3 Å². The van der Waals surface area contributed by atoms with Crippen LogP contribution in [0.4, 0.5) is 5.69 Å². The van der Waals surface area contributed by atoms with E-state index in [1.165, 1.54) is 11.8 Å². The number of carbonyl (C=O) groups excluding carboxylic acids is 1. The van der Waals surface area contributed by atoms with E-state index in [0.29, 0.717) is 38.5 Å². The SMILES string of the molecule is COc1ccc(-c2ccc(C#N)c(SCC(=O)Nc3ccc(C)c(Cl)c3)n2)cc1OC. The van der Waals surface area contributed by atoms with Gasteiger partial charge in [-0.25, -0.2) is 4.98 Å². The van der Waals surface area contributed by atoms with E-state index in [9.17, 15) is 10.1 Å². The Morgan fingerprint density at radius 2 is 1.90 bits per heavy atom. The number of halogens is 1. The van der Waals surface area contributed by atoms with Gasteiger partial charge in [0.05, 0.1) is 31.2 Å². The first-order valence-corrected chi connectivity index (χ1v) is 10.6. The van der Waals surface area contributed by atoms with E-state index in [4.69, 9.17) is 21.1 Å². The van der Waals surface area contributed by atoms with Crippen molar-refractivity contribution < 1.29 is 14.3 Å². The van der Waals surface area contributed by atoms with Crippen LogP contribution in [0.25, 0.3) is 11.3 Å². The monoisotopic (exact) mass is 453 g/mol. The molecule has 1 amide bonds. The molecule has 0 saturated heterocycles. The lowest BCUT2D eigenvalue weighted by atomic mass is 10.1. The molecule has 0 aliphatic heterocycles. The quantitative estimate of drug-likeness (QED) is 0.487. The van der Waals surface area contributed by atoms with Gasteiger partial charge in [0.1, 0.15) is 11.1 Å². The average molecular weight is 454 g/mol. The third-order valence-electron chi connectivity index (χ3n) is 4.46. The summed E-state index contributed by atoms with van der Waals surface area (Å²) >= 11 is 7.30. The molecule has 3 rings (SSSR count). The summed E-state index contributed by atoms with van der Waals surface area (Å²) in [6.45, 7) is 1.89. The normalized spacial score (nSPS) is 10.3. The van der Waals surface area contributed by atoms with E-state index in [0.717, 1.165) is 11.1 Å². The number of benzene rings is 2. The van der Waals surface area contributed by atoms with Gasteiger partial charge in [-0.05, 0) is 55.0 Å². The number of amides is 1. The van der Waals surface area contributed by atoms with Gasteiger partial charge in [0.2, 0.25) is 5.91 Å². The fraction of sp³-hybridized carbons (Fsp3) is 0.174. The van der Waals surface area contributed by atoms with E-state index >= 15 is 0 Å². The largest absolute Gasteiger partial charge is 0.493 e. The van der Waals surface area contributed by atoms with Crippen LogP contribution in [-0.4, -0.2) is 30.9 Å². The molecular formula is C23H20ClN3O3S. The Balaban J connectivity index is 1.77. The van der Waals surface area contributed by atoms with Gasteiger partial charge in [0.15, 0.2) is 11.5 Å². The van der Waals surface area contributed by atoms with Gasteiger partial charge >= 0.3 is 0 Å². The molecule has 158 valence electrons. The van der Waals surface area contributed by atoms with Gasteiger partial charge in [0.25, 0.3) is 0 Å². The lowest BCUT2D eigenvalue weighted by molar-refractivity contribution is -0.113. The molecule has 0 radical (unpaired) electrons. The van der Waals surface area contributed by atoms with E-state index in [2.05, 4.69) is 16.4 Å². The minimum atomic E-state index is -0.216. The maximum absolute atomic E-state index is 12.4. The topological polar surface area (TPSA) is 84.2 Å². The van der Waals surface area contributed by atoms with Gasteiger partial charge in [-0.2, -0.15) is 5.26 Å². The Bertz CT molecular complexity index is 1160. The number of rotatable bonds is 7. The van der Waals surface area contributed by atoms with Crippen LogP contribution in [0.5, 0.6) is 11.5 Å². The van der Waals surface area contributed by atoms with Crippen molar-refractivity contribution in [2.24, 2.45) is 0 Å². The third-order valence-corrected chi connectivity index (χ3v) is 5.85. The summed E-state index contributed by atoms with van der Waals surface area (Å²) < 4.78 is 10.6. The second-order valence-electron chi connectivity index (χ2n) is 6.53. The van der Waals surface area contributed by atoms with Crippen LogP contribution in [0.2, 0.25) is 5.02 Å². The first kappa shape index (κ1) is 22.5. The van der Waals surface area contributed by atoms with Gasteiger partial charge in [-0.1, -0.05) is 29.4 Å². The summed E-state index contributed by atoms with van der Waals surface area (Å²) in [6, 6.07) is 16.4. The van der Waals surface area contributed by atoms with Crippen LogP contribution in [0.15, 0.2) is 53.6 Å². The summed E-state index contributed by atoms with van der Waals surface area (Å²) in [5.41, 5.74) is 3.42. The standard InChI is InChI=1S/C23H20ClN3O3S/c1-14-4-7-17(11-18(14)24)26-22(28)13-31-23-16(12-25)5-8-19(27-23)15-6-9-20(29-2)21(10-15)30-3/h4-11H,13H2,1-3H3,(H,26,28). The number of carbonyl (C=O) groups is 1. The van der Waals surface area contributed by atoms with Crippen LogP contribution < -0.4 is 14.8 Å². The predicted octanol–water partition coefficient (Wildman–Crippen LogP) is 5.33. The molecule has 0 unspecified atom stereocenters. The number of thioether (sulfide) groups is 1. The molecule has 0 atom stereocenters. The highest BCUT2D eigenvalue weighted by Gasteiger charge is 2.13. The van der Waals surface area contributed by atoms with E-state index in [1.54, 1.807) is 44.6 Å². The van der Waals surface area contributed by atoms with Crippen molar-refractivity contribution in [3.05, 3.63) is 64.7 Å². The Kier molecular flexibility index (Phi) is 7.40. The lowest BCUT2D eigenvalue weighted by Crippen LogP contribution is -2.14. The van der Waals surface area contributed by atoms with Crippen molar-refractivity contribution in [2.45, 2.75) is 11.9 Å². The fourth-order valence-corrected chi connectivity index (χ4v) is 3.75. The number of hydrogen-bond acceptors (Lipinski definition) is 6. The smallest absolute Gasteiger partial charge is 0.234 e. The number of nitrogens with one attached hydrogen (secondary N) is 1. The van der Waals surface area contributed by atoms with Crippen molar-refractivity contribution in [3.8, 4) is 28.8 Å². The van der Waals surface area contributed by atoms with Gasteiger partial charge in [-0.15, -0.1) is 0 Å². The fourth-order valence-electron chi connectivity index (χ4n) is 2.79. The Labute approximate surface area is 190 Å². The molecule has 1 aromatic heterocycles. The molecule has 2 aromatic carbocycles. The third kappa shape index (κ3) is 5.48.